The highest BCUT2D eigenvalue weighted by molar-refractivity contribution is 5.13. The molecule has 0 aromatic carbocycles. The van der Waals surface area contributed by atoms with Gasteiger partial charge in [0.1, 0.15) is 5.69 Å². The summed E-state index contributed by atoms with van der Waals surface area (Å²) in [5.41, 5.74) is -0.826. The Kier molecular flexibility index (Phi) is 4.99. The Bertz CT molecular complexity index is 497. The molecule has 2 nitrogen and oxygen atoms in total. The maximum atomic E-state index is 12.7. The first kappa shape index (κ1) is 17.1. The van der Waals surface area contributed by atoms with Crippen LogP contribution in [0.5, 0.6) is 0 Å². The topological polar surface area (TPSA) is 24.9 Å². The van der Waals surface area contributed by atoms with Crippen LogP contribution >= 0.6 is 0 Å². The molecule has 2 rings (SSSR count). The summed E-state index contributed by atoms with van der Waals surface area (Å²) in [5, 5.41) is 2.89. The number of hydrogen-bond donors (Lipinski definition) is 1. The van der Waals surface area contributed by atoms with Gasteiger partial charge in [-0.2, -0.15) is 26.3 Å². The van der Waals surface area contributed by atoms with Crippen molar-refractivity contribution in [2.24, 2.45) is 5.92 Å². The van der Waals surface area contributed by atoms with Crippen molar-refractivity contribution in [1.29, 1.82) is 0 Å². The summed E-state index contributed by atoms with van der Waals surface area (Å²) in [6, 6.07) is 3.18. The minimum absolute atomic E-state index is 0.0269. The average molecular weight is 326 g/mol. The lowest BCUT2D eigenvalue weighted by Crippen LogP contribution is -2.38. The van der Waals surface area contributed by atoms with Crippen LogP contribution in [0, 0.1) is 5.92 Å². The van der Waals surface area contributed by atoms with Gasteiger partial charge in [0.15, 0.2) is 0 Å². The third kappa shape index (κ3) is 4.59. The van der Waals surface area contributed by atoms with E-state index in [2.05, 4.69) is 10.3 Å². The number of aromatic nitrogens is 1. The fourth-order valence-corrected chi connectivity index (χ4v) is 2.66. The molecule has 2 unspecified atom stereocenters. The number of rotatable bonds is 3. The lowest BCUT2D eigenvalue weighted by Gasteiger charge is -2.31. The second kappa shape index (κ2) is 6.44. The van der Waals surface area contributed by atoms with Crippen molar-refractivity contribution in [2.45, 2.75) is 50.6 Å². The molecule has 0 saturated heterocycles. The molecule has 1 aromatic heterocycles. The molecule has 0 radical (unpaired) electrons. The van der Waals surface area contributed by atoms with Crippen LogP contribution in [0.3, 0.4) is 0 Å². The molecule has 2 atom stereocenters. The fourth-order valence-electron chi connectivity index (χ4n) is 2.66. The molecule has 22 heavy (non-hydrogen) atoms. The van der Waals surface area contributed by atoms with Crippen LogP contribution in [0.2, 0.25) is 0 Å². The van der Waals surface area contributed by atoms with Crippen molar-refractivity contribution < 1.29 is 26.3 Å². The van der Waals surface area contributed by atoms with Crippen molar-refractivity contribution in [2.75, 3.05) is 0 Å². The van der Waals surface area contributed by atoms with Crippen molar-refractivity contribution >= 4 is 0 Å². The molecular weight excluding hydrogens is 310 g/mol. The van der Waals surface area contributed by atoms with Crippen LogP contribution < -0.4 is 5.32 Å². The molecule has 8 heteroatoms. The maximum absolute atomic E-state index is 12.7. The van der Waals surface area contributed by atoms with Gasteiger partial charge in [-0.3, -0.25) is 0 Å². The number of nitrogens with zero attached hydrogens (tertiary/aromatic N) is 1. The van der Waals surface area contributed by atoms with Gasteiger partial charge in [-0.05, 0) is 31.4 Å². The Hall–Kier alpha value is -1.31. The second-order valence-electron chi connectivity index (χ2n) is 5.49. The first-order valence-corrected chi connectivity index (χ1v) is 6.99. The Morgan fingerprint density at radius 2 is 1.82 bits per heavy atom. The summed E-state index contributed by atoms with van der Waals surface area (Å²) in [4.78, 5) is 3.49. The quantitative estimate of drug-likeness (QED) is 0.837. The van der Waals surface area contributed by atoms with Crippen molar-refractivity contribution in [3.8, 4) is 0 Å². The monoisotopic (exact) mass is 326 g/mol. The van der Waals surface area contributed by atoms with Gasteiger partial charge in [0.05, 0.1) is 11.6 Å². The second-order valence-corrected chi connectivity index (χ2v) is 5.49. The van der Waals surface area contributed by atoms with Crippen molar-refractivity contribution in [3.63, 3.8) is 0 Å². The Morgan fingerprint density at radius 1 is 1.09 bits per heavy atom. The van der Waals surface area contributed by atoms with E-state index in [1.165, 1.54) is 12.1 Å². The zero-order valence-electron chi connectivity index (χ0n) is 11.6. The van der Waals surface area contributed by atoms with Crippen LogP contribution in [0.1, 0.15) is 37.1 Å². The van der Waals surface area contributed by atoms with Crippen molar-refractivity contribution in [1.82, 2.24) is 10.3 Å². The lowest BCUT2D eigenvalue weighted by atomic mass is 9.85. The van der Waals surface area contributed by atoms with E-state index in [0.29, 0.717) is 12.8 Å². The molecule has 1 saturated carbocycles. The third-order valence-corrected chi connectivity index (χ3v) is 3.81. The molecule has 1 aliphatic rings. The average Bonchev–Trinajstić information content (AvgIpc) is 2.44. The molecule has 1 fully saturated rings. The van der Waals surface area contributed by atoms with E-state index >= 15 is 0 Å². The SMILES string of the molecule is FC(F)(F)c1cccc(CNC2CCCC(C(F)(F)F)C2)n1. The van der Waals surface area contributed by atoms with E-state index in [-0.39, 0.29) is 31.1 Å². The number of alkyl halides is 6. The first-order chi connectivity index (χ1) is 10.2. The van der Waals surface area contributed by atoms with E-state index in [1.807, 2.05) is 0 Å². The van der Waals surface area contributed by atoms with Crippen LogP contribution in [0.4, 0.5) is 26.3 Å². The number of pyridine rings is 1. The summed E-state index contributed by atoms with van der Waals surface area (Å²) in [7, 11) is 0. The zero-order valence-corrected chi connectivity index (χ0v) is 11.6. The fraction of sp³-hybridized carbons (Fsp3) is 0.643. The third-order valence-electron chi connectivity index (χ3n) is 3.81. The normalized spacial score (nSPS) is 23.5. The summed E-state index contributed by atoms with van der Waals surface area (Å²) in [6.45, 7) is 0.0269. The molecule has 0 spiro atoms. The molecule has 1 aromatic rings. The van der Waals surface area contributed by atoms with Gasteiger partial charge in [0.25, 0.3) is 0 Å². The molecule has 1 aliphatic carbocycles. The highest BCUT2D eigenvalue weighted by Crippen LogP contribution is 2.37. The maximum Gasteiger partial charge on any atom is 0.433 e. The van der Waals surface area contributed by atoms with E-state index in [0.717, 1.165) is 6.07 Å². The van der Waals surface area contributed by atoms with Gasteiger partial charge < -0.3 is 5.32 Å². The Balaban J connectivity index is 1.93. The minimum atomic E-state index is -4.53. The molecule has 0 aliphatic heterocycles. The summed E-state index contributed by atoms with van der Waals surface area (Å²) >= 11 is 0. The van der Waals surface area contributed by atoms with E-state index in [1.54, 1.807) is 0 Å². The summed E-state index contributed by atoms with van der Waals surface area (Å²) < 4.78 is 75.7. The molecule has 1 N–H and O–H groups in total. The molecule has 0 bridgehead atoms. The van der Waals surface area contributed by atoms with E-state index in [9.17, 15) is 26.3 Å². The summed E-state index contributed by atoms with van der Waals surface area (Å²) in [6.07, 6.45) is -7.62. The number of halogens is 6. The van der Waals surface area contributed by atoms with Crippen LogP contribution in [-0.2, 0) is 12.7 Å². The minimum Gasteiger partial charge on any atom is -0.308 e. The first-order valence-electron chi connectivity index (χ1n) is 6.99. The molecule has 0 amide bonds. The van der Waals surface area contributed by atoms with Gasteiger partial charge >= 0.3 is 12.4 Å². The van der Waals surface area contributed by atoms with Crippen LogP contribution in [-0.4, -0.2) is 17.2 Å². The Morgan fingerprint density at radius 3 is 2.45 bits per heavy atom. The highest BCUT2D eigenvalue weighted by Gasteiger charge is 2.42. The standard InChI is InChI=1S/C14H16F6N2/c15-13(16,17)9-3-1-4-10(7-9)21-8-11-5-2-6-12(22-11)14(18,19)20/h2,5-6,9-10,21H,1,3-4,7-8H2. The largest absolute Gasteiger partial charge is 0.433 e. The molecular formula is C14H16F6N2. The lowest BCUT2D eigenvalue weighted by molar-refractivity contribution is -0.183. The number of nitrogens with one attached hydrogen (secondary N) is 1. The van der Waals surface area contributed by atoms with Crippen molar-refractivity contribution in [3.05, 3.63) is 29.6 Å². The Labute approximate surface area is 123 Å². The number of hydrogen-bond acceptors (Lipinski definition) is 2. The molecule has 1 heterocycles. The van der Waals surface area contributed by atoms with E-state index in [4.69, 9.17) is 0 Å². The van der Waals surface area contributed by atoms with Gasteiger partial charge in [0.2, 0.25) is 0 Å². The van der Waals surface area contributed by atoms with Gasteiger partial charge in [0, 0.05) is 12.6 Å². The van der Waals surface area contributed by atoms with Crippen LogP contribution in [0.25, 0.3) is 0 Å². The van der Waals surface area contributed by atoms with Gasteiger partial charge in [-0.15, -0.1) is 0 Å². The van der Waals surface area contributed by atoms with E-state index < -0.39 is 24.0 Å². The predicted octanol–water partition coefficient (Wildman–Crippen LogP) is 4.31. The summed E-state index contributed by atoms with van der Waals surface area (Å²) in [5.74, 6) is -1.34. The predicted molar refractivity (Wildman–Crippen MR) is 67.9 cm³/mol. The smallest absolute Gasteiger partial charge is 0.308 e. The van der Waals surface area contributed by atoms with Gasteiger partial charge in [-0.25, -0.2) is 4.98 Å². The van der Waals surface area contributed by atoms with Gasteiger partial charge in [-0.1, -0.05) is 12.5 Å². The molecule has 124 valence electrons. The zero-order chi connectivity index (χ0) is 16.4. The highest BCUT2D eigenvalue weighted by atomic mass is 19.4. The van der Waals surface area contributed by atoms with Crippen LogP contribution in [0.15, 0.2) is 18.2 Å².